The predicted octanol–water partition coefficient (Wildman–Crippen LogP) is 2.11. The average Bonchev–Trinajstić information content (AvgIpc) is 2.64. The van der Waals surface area contributed by atoms with Gasteiger partial charge >= 0.3 is 0 Å². The molecule has 0 spiro atoms. The molecule has 2 atom stereocenters. The smallest absolute Gasteiger partial charge is 0.263 e. The van der Waals surface area contributed by atoms with E-state index in [2.05, 4.69) is 12.1 Å². The molecular formula is C20H24N2O3. The van der Waals surface area contributed by atoms with Crippen LogP contribution in [0, 0.1) is 5.92 Å². The van der Waals surface area contributed by atoms with Crippen molar-refractivity contribution < 1.29 is 9.53 Å². The molecule has 0 radical (unpaired) electrons. The van der Waals surface area contributed by atoms with E-state index in [9.17, 15) is 9.59 Å². The van der Waals surface area contributed by atoms with E-state index in [1.807, 2.05) is 18.2 Å². The number of benzene rings is 1. The molecule has 1 aromatic heterocycles. The van der Waals surface area contributed by atoms with Crippen molar-refractivity contribution in [2.45, 2.75) is 18.9 Å². The first-order chi connectivity index (χ1) is 12.1. The second-order valence-corrected chi connectivity index (χ2v) is 6.60. The van der Waals surface area contributed by atoms with E-state index in [-0.39, 0.29) is 29.1 Å². The number of pyridine rings is 1. The molecule has 1 aliphatic heterocycles. The van der Waals surface area contributed by atoms with E-state index in [4.69, 9.17) is 4.74 Å². The fraction of sp³-hybridized carbons (Fsp3) is 0.400. The molecule has 1 fully saturated rings. The van der Waals surface area contributed by atoms with Crippen molar-refractivity contribution in [3.63, 3.8) is 0 Å². The third-order valence-corrected chi connectivity index (χ3v) is 4.95. The third kappa shape index (κ3) is 3.82. The highest BCUT2D eigenvalue weighted by atomic mass is 16.5. The van der Waals surface area contributed by atoms with E-state index >= 15 is 0 Å². The molecule has 25 heavy (non-hydrogen) atoms. The lowest BCUT2D eigenvalue weighted by atomic mass is 9.88. The first-order valence-corrected chi connectivity index (χ1v) is 8.61. The topological polar surface area (TPSA) is 51.5 Å². The van der Waals surface area contributed by atoms with Gasteiger partial charge in [-0.2, -0.15) is 0 Å². The van der Waals surface area contributed by atoms with E-state index in [1.165, 1.54) is 10.1 Å². The maximum Gasteiger partial charge on any atom is 0.263 e. The number of carbonyl (C=O) groups excluding carboxylic acids is 1. The zero-order chi connectivity index (χ0) is 17.8. The molecule has 5 nitrogen and oxygen atoms in total. The molecule has 1 saturated heterocycles. The Kier molecular flexibility index (Phi) is 5.34. The van der Waals surface area contributed by atoms with Crippen LogP contribution in [0.3, 0.4) is 0 Å². The summed E-state index contributed by atoms with van der Waals surface area (Å²) in [4.78, 5) is 26.9. The molecule has 1 aliphatic rings. The van der Waals surface area contributed by atoms with E-state index in [1.54, 1.807) is 37.4 Å². The average molecular weight is 340 g/mol. The second kappa shape index (κ2) is 7.66. The molecule has 1 amide bonds. The molecule has 2 aromatic rings. The van der Waals surface area contributed by atoms with E-state index < -0.39 is 0 Å². The van der Waals surface area contributed by atoms with Crippen LogP contribution in [-0.2, 0) is 18.2 Å². The van der Waals surface area contributed by atoms with Gasteiger partial charge in [0.05, 0.1) is 6.10 Å². The second-order valence-electron chi connectivity index (χ2n) is 6.60. The van der Waals surface area contributed by atoms with Gasteiger partial charge in [0.2, 0.25) is 0 Å². The lowest BCUT2D eigenvalue weighted by Gasteiger charge is -2.38. The first-order valence-electron chi connectivity index (χ1n) is 8.61. The zero-order valence-corrected chi connectivity index (χ0v) is 14.7. The van der Waals surface area contributed by atoms with Gasteiger partial charge in [0, 0.05) is 39.4 Å². The number of likely N-dealkylation sites (tertiary alicyclic amines) is 1. The fourth-order valence-corrected chi connectivity index (χ4v) is 3.55. The van der Waals surface area contributed by atoms with Crippen LogP contribution in [0.4, 0.5) is 0 Å². The normalized spacial score (nSPS) is 20.5. The van der Waals surface area contributed by atoms with E-state index in [0.29, 0.717) is 13.1 Å². The van der Waals surface area contributed by atoms with Crippen molar-refractivity contribution in [2.75, 3.05) is 20.2 Å². The first kappa shape index (κ1) is 17.4. The Morgan fingerprint density at radius 1 is 1.20 bits per heavy atom. The molecule has 0 N–H and O–H groups in total. The lowest BCUT2D eigenvalue weighted by molar-refractivity contribution is -0.00306. The monoisotopic (exact) mass is 340 g/mol. The molecule has 1 aromatic carbocycles. The summed E-state index contributed by atoms with van der Waals surface area (Å²) in [5.41, 5.74) is 1.22. The predicted molar refractivity (Wildman–Crippen MR) is 96.6 cm³/mol. The van der Waals surface area contributed by atoms with Crippen LogP contribution in [0.2, 0.25) is 0 Å². The van der Waals surface area contributed by atoms with Crippen LogP contribution in [0.5, 0.6) is 0 Å². The number of rotatable bonds is 4. The number of methoxy groups -OCH3 is 1. The summed E-state index contributed by atoms with van der Waals surface area (Å²) in [5.74, 6) is 0.0338. The van der Waals surface area contributed by atoms with E-state index in [0.717, 1.165) is 12.8 Å². The molecule has 2 heterocycles. The van der Waals surface area contributed by atoms with Crippen molar-refractivity contribution in [1.82, 2.24) is 9.47 Å². The van der Waals surface area contributed by atoms with Crippen molar-refractivity contribution in [3.05, 3.63) is 70.1 Å². The lowest BCUT2D eigenvalue weighted by Crippen LogP contribution is -2.48. The van der Waals surface area contributed by atoms with Gasteiger partial charge in [0.15, 0.2) is 0 Å². The number of carbonyl (C=O) groups is 1. The van der Waals surface area contributed by atoms with Gasteiger partial charge in [-0.25, -0.2) is 0 Å². The molecule has 132 valence electrons. The van der Waals surface area contributed by atoms with Gasteiger partial charge in [0.25, 0.3) is 11.5 Å². The molecular weight excluding hydrogens is 316 g/mol. The Bertz CT molecular complexity index is 785. The third-order valence-electron chi connectivity index (χ3n) is 4.95. The number of hydrogen-bond donors (Lipinski definition) is 0. The molecule has 3 rings (SSSR count). The maximum absolute atomic E-state index is 12.8. The highest BCUT2D eigenvalue weighted by Gasteiger charge is 2.32. The Balaban J connectivity index is 1.78. The number of nitrogens with zero attached hydrogens (tertiary/aromatic N) is 2. The number of aryl methyl sites for hydroxylation is 1. The summed E-state index contributed by atoms with van der Waals surface area (Å²) in [7, 11) is 3.39. The van der Waals surface area contributed by atoms with Gasteiger partial charge in [-0.15, -0.1) is 0 Å². The number of hydrogen-bond acceptors (Lipinski definition) is 3. The Morgan fingerprint density at radius 2 is 1.96 bits per heavy atom. The molecule has 0 aliphatic carbocycles. The van der Waals surface area contributed by atoms with Crippen molar-refractivity contribution in [3.8, 4) is 0 Å². The minimum Gasteiger partial charge on any atom is -0.381 e. The van der Waals surface area contributed by atoms with Crippen LogP contribution < -0.4 is 5.56 Å². The van der Waals surface area contributed by atoms with Gasteiger partial charge in [0.1, 0.15) is 5.56 Å². The van der Waals surface area contributed by atoms with Crippen molar-refractivity contribution in [2.24, 2.45) is 13.0 Å². The summed E-state index contributed by atoms with van der Waals surface area (Å²) in [6.45, 7) is 1.21. The SMILES string of the molecule is CO[C@@H]1CCN(C(=O)c2cccn(C)c2=O)C[C@H]1Cc1ccccc1. The maximum atomic E-state index is 12.8. The van der Waals surface area contributed by atoms with Gasteiger partial charge < -0.3 is 14.2 Å². The number of amides is 1. The molecule has 0 saturated carbocycles. The van der Waals surface area contributed by atoms with Crippen LogP contribution >= 0.6 is 0 Å². The van der Waals surface area contributed by atoms with Crippen LogP contribution in [0.25, 0.3) is 0 Å². The number of aromatic nitrogens is 1. The fourth-order valence-electron chi connectivity index (χ4n) is 3.55. The Hall–Kier alpha value is -2.40. The van der Waals surface area contributed by atoms with Crippen LogP contribution in [-0.4, -0.2) is 41.7 Å². The summed E-state index contributed by atoms with van der Waals surface area (Å²) in [6.07, 6.45) is 3.43. The Labute approximate surface area is 147 Å². The minimum absolute atomic E-state index is 0.128. The molecule has 5 heteroatoms. The molecule has 0 unspecified atom stereocenters. The highest BCUT2D eigenvalue weighted by Crippen LogP contribution is 2.24. The summed E-state index contributed by atoms with van der Waals surface area (Å²) < 4.78 is 7.09. The van der Waals surface area contributed by atoms with Crippen LogP contribution in [0.1, 0.15) is 22.3 Å². The quantitative estimate of drug-likeness (QED) is 0.856. The van der Waals surface area contributed by atoms with Crippen molar-refractivity contribution >= 4 is 5.91 Å². The van der Waals surface area contributed by atoms with Crippen molar-refractivity contribution in [1.29, 1.82) is 0 Å². The zero-order valence-electron chi connectivity index (χ0n) is 14.7. The Morgan fingerprint density at radius 3 is 2.68 bits per heavy atom. The highest BCUT2D eigenvalue weighted by molar-refractivity contribution is 5.93. The largest absolute Gasteiger partial charge is 0.381 e. The summed E-state index contributed by atoms with van der Waals surface area (Å²) >= 11 is 0. The van der Waals surface area contributed by atoms with Gasteiger partial charge in [-0.05, 0) is 30.5 Å². The summed E-state index contributed by atoms with van der Waals surface area (Å²) in [5, 5.41) is 0. The number of ether oxygens (including phenoxy) is 1. The van der Waals surface area contributed by atoms with Gasteiger partial charge in [-0.3, -0.25) is 9.59 Å². The molecule has 0 bridgehead atoms. The van der Waals surface area contributed by atoms with Crippen LogP contribution in [0.15, 0.2) is 53.5 Å². The summed E-state index contributed by atoms with van der Waals surface area (Å²) in [6, 6.07) is 13.6. The van der Waals surface area contributed by atoms with Gasteiger partial charge in [-0.1, -0.05) is 30.3 Å². The number of piperidine rings is 1. The minimum atomic E-state index is -0.249. The standard InChI is InChI=1S/C20H24N2O3/c1-21-11-6-9-17(19(21)23)20(24)22-12-10-18(25-2)16(14-22)13-15-7-4-3-5-8-15/h3-9,11,16,18H,10,12-14H2,1-2H3/t16-,18-/m1/s1.